The first-order chi connectivity index (χ1) is 6.66. The van der Waals surface area contributed by atoms with Crippen LogP contribution in [0.15, 0.2) is 24.3 Å². The van der Waals surface area contributed by atoms with Crippen LogP contribution in [-0.4, -0.2) is 18.8 Å². The zero-order chi connectivity index (χ0) is 10.6. The van der Waals surface area contributed by atoms with Gasteiger partial charge in [-0.3, -0.25) is 9.59 Å². The van der Waals surface area contributed by atoms with Gasteiger partial charge >= 0.3 is 0 Å². The number of amides is 1. The smallest absolute Gasteiger partial charge is 0.289 e. The fourth-order valence-corrected chi connectivity index (χ4v) is 1.16. The second-order valence-corrected chi connectivity index (χ2v) is 2.78. The second kappa shape index (κ2) is 4.53. The SMILES string of the molecule is COCc1ccccc1C(=O)C(N)=O. The van der Waals surface area contributed by atoms with E-state index >= 15 is 0 Å². The molecule has 0 radical (unpaired) electrons. The molecular formula is C10H11NO3. The molecular weight excluding hydrogens is 182 g/mol. The van der Waals surface area contributed by atoms with E-state index in [0.717, 1.165) is 0 Å². The van der Waals surface area contributed by atoms with Gasteiger partial charge in [-0.1, -0.05) is 24.3 Å². The van der Waals surface area contributed by atoms with E-state index in [4.69, 9.17) is 10.5 Å². The van der Waals surface area contributed by atoms with Crippen LogP contribution in [-0.2, 0) is 16.1 Å². The Bertz CT molecular complexity index is 360. The summed E-state index contributed by atoms with van der Waals surface area (Å²) in [7, 11) is 1.52. The van der Waals surface area contributed by atoms with Gasteiger partial charge in [-0.2, -0.15) is 0 Å². The molecule has 4 heteroatoms. The maximum absolute atomic E-state index is 11.3. The predicted molar refractivity (Wildman–Crippen MR) is 50.7 cm³/mol. The second-order valence-electron chi connectivity index (χ2n) is 2.78. The largest absolute Gasteiger partial charge is 0.380 e. The van der Waals surface area contributed by atoms with Crippen LogP contribution in [0.1, 0.15) is 15.9 Å². The lowest BCUT2D eigenvalue weighted by molar-refractivity contribution is -0.114. The summed E-state index contributed by atoms with van der Waals surface area (Å²) < 4.78 is 4.89. The summed E-state index contributed by atoms with van der Waals surface area (Å²) in [6.07, 6.45) is 0. The number of Topliss-reactive ketones (excluding diaryl/α,β-unsaturated/α-hetero) is 1. The number of carbonyl (C=O) groups is 2. The lowest BCUT2D eigenvalue weighted by atomic mass is 10.0. The van der Waals surface area contributed by atoms with E-state index in [1.54, 1.807) is 24.3 Å². The van der Waals surface area contributed by atoms with Gasteiger partial charge in [0.15, 0.2) is 0 Å². The molecule has 0 spiro atoms. The number of hydrogen-bond acceptors (Lipinski definition) is 3. The zero-order valence-electron chi connectivity index (χ0n) is 7.82. The van der Waals surface area contributed by atoms with Crippen molar-refractivity contribution in [3.05, 3.63) is 35.4 Å². The zero-order valence-corrected chi connectivity index (χ0v) is 7.82. The highest BCUT2D eigenvalue weighted by molar-refractivity contribution is 6.42. The highest BCUT2D eigenvalue weighted by Crippen LogP contribution is 2.10. The van der Waals surface area contributed by atoms with Gasteiger partial charge in [-0.15, -0.1) is 0 Å². The molecule has 74 valence electrons. The number of ether oxygens (including phenoxy) is 1. The number of nitrogens with two attached hydrogens (primary N) is 1. The average Bonchev–Trinajstić information content (AvgIpc) is 2.18. The van der Waals surface area contributed by atoms with Crippen LogP contribution in [0.3, 0.4) is 0 Å². The standard InChI is InChI=1S/C10H11NO3/c1-14-6-7-4-2-3-5-8(7)9(12)10(11)13/h2-5H,6H2,1H3,(H2,11,13). The summed E-state index contributed by atoms with van der Waals surface area (Å²) in [5.74, 6) is -1.63. The Morgan fingerprint density at radius 1 is 1.36 bits per heavy atom. The van der Waals surface area contributed by atoms with Crippen LogP contribution in [0.25, 0.3) is 0 Å². The first-order valence-corrected chi connectivity index (χ1v) is 4.07. The number of ketones is 1. The fourth-order valence-electron chi connectivity index (χ4n) is 1.16. The number of carbonyl (C=O) groups excluding carboxylic acids is 2. The van der Waals surface area contributed by atoms with E-state index in [2.05, 4.69) is 0 Å². The maximum atomic E-state index is 11.3. The van der Waals surface area contributed by atoms with Crippen molar-refractivity contribution in [3.63, 3.8) is 0 Å². The predicted octanol–water partition coefficient (Wildman–Crippen LogP) is 0.501. The number of rotatable bonds is 4. The molecule has 14 heavy (non-hydrogen) atoms. The van der Waals surface area contributed by atoms with Crippen molar-refractivity contribution in [3.8, 4) is 0 Å². The first-order valence-electron chi connectivity index (χ1n) is 4.07. The third kappa shape index (κ3) is 2.17. The molecule has 1 aromatic carbocycles. The lowest BCUT2D eigenvalue weighted by Gasteiger charge is -2.04. The molecule has 1 aromatic rings. The maximum Gasteiger partial charge on any atom is 0.289 e. The molecule has 4 nitrogen and oxygen atoms in total. The van der Waals surface area contributed by atoms with Gasteiger partial charge in [0.05, 0.1) is 6.61 Å². The summed E-state index contributed by atoms with van der Waals surface area (Å²) in [4.78, 5) is 22.0. The number of hydrogen-bond donors (Lipinski definition) is 1. The fraction of sp³-hybridized carbons (Fsp3) is 0.200. The number of benzene rings is 1. The highest BCUT2D eigenvalue weighted by Gasteiger charge is 2.15. The van der Waals surface area contributed by atoms with Crippen LogP contribution >= 0.6 is 0 Å². The minimum atomic E-state index is -0.950. The molecule has 1 amide bonds. The van der Waals surface area contributed by atoms with Crippen LogP contribution in [0, 0.1) is 0 Å². The molecule has 0 aromatic heterocycles. The number of primary amides is 1. The van der Waals surface area contributed by atoms with E-state index in [1.165, 1.54) is 7.11 Å². The van der Waals surface area contributed by atoms with E-state index in [0.29, 0.717) is 11.1 Å². The van der Waals surface area contributed by atoms with Gasteiger partial charge in [0.25, 0.3) is 5.91 Å². The van der Waals surface area contributed by atoms with E-state index in [1.807, 2.05) is 0 Å². The molecule has 0 fully saturated rings. The van der Waals surface area contributed by atoms with Crippen molar-refractivity contribution in [1.82, 2.24) is 0 Å². The van der Waals surface area contributed by atoms with E-state index in [9.17, 15) is 9.59 Å². The topological polar surface area (TPSA) is 69.4 Å². The third-order valence-electron chi connectivity index (χ3n) is 1.79. The molecule has 0 unspecified atom stereocenters. The van der Waals surface area contributed by atoms with Gasteiger partial charge < -0.3 is 10.5 Å². The monoisotopic (exact) mass is 193 g/mol. The Balaban J connectivity index is 3.06. The normalized spacial score (nSPS) is 9.79. The average molecular weight is 193 g/mol. The quantitative estimate of drug-likeness (QED) is 0.559. The molecule has 0 saturated heterocycles. The molecule has 0 aliphatic carbocycles. The molecule has 0 aliphatic heterocycles. The van der Waals surface area contributed by atoms with Crippen molar-refractivity contribution in [2.45, 2.75) is 6.61 Å². The summed E-state index contributed by atoms with van der Waals surface area (Å²) in [5, 5.41) is 0. The minimum absolute atomic E-state index is 0.287. The van der Waals surface area contributed by atoms with Crippen LogP contribution in [0.5, 0.6) is 0 Å². The lowest BCUT2D eigenvalue weighted by Crippen LogP contribution is -2.24. The molecule has 0 heterocycles. The van der Waals surface area contributed by atoms with E-state index < -0.39 is 11.7 Å². The molecule has 0 aliphatic rings. The Labute approximate surface area is 81.7 Å². The van der Waals surface area contributed by atoms with Crippen molar-refractivity contribution >= 4 is 11.7 Å². The van der Waals surface area contributed by atoms with Crippen molar-refractivity contribution < 1.29 is 14.3 Å². The highest BCUT2D eigenvalue weighted by atomic mass is 16.5. The van der Waals surface area contributed by atoms with Crippen LogP contribution in [0.4, 0.5) is 0 Å². The van der Waals surface area contributed by atoms with Gasteiger partial charge in [-0.25, -0.2) is 0 Å². The molecule has 2 N–H and O–H groups in total. The Hall–Kier alpha value is -1.68. The van der Waals surface area contributed by atoms with Crippen LogP contribution < -0.4 is 5.73 Å². The van der Waals surface area contributed by atoms with Gasteiger partial charge in [-0.05, 0) is 5.56 Å². The van der Waals surface area contributed by atoms with Crippen molar-refractivity contribution in [2.75, 3.05) is 7.11 Å². The molecule has 0 bridgehead atoms. The van der Waals surface area contributed by atoms with Gasteiger partial charge in [0.2, 0.25) is 5.78 Å². The first kappa shape index (κ1) is 10.4. The van der Waals surface area contributed by atoms with Gasteiger partial charge in [0, 0.05) is 12.7 Å². The molecule has 0 atom stereocenters. The third-order valence-corrected chi connectivity index (χ3v) is 1.79. The molecule has 1 rings (SSSR count). The van der Waals surface area contributed by atoms with Gasteiger partial charge in [0.1, 0.15) is 0 Å². The number of methoxy groups -OCH3 is 1. The summed E-state index contributed by atoms with van der Waals surface area (Å²) in [6.45, 7) is 0.287. The van der Waals surface area contributed by atoms with E-state index in [-0.39, 0.29) is 6.61 Å². The van der Waals surface area contributed by atoms with Crippen LogP contribution in [0.2, 0.25) is 0 Å². The summed E-state index contributed by atoms with van der Waals surface area (Å²) >= 11 is 0. The summed E-state index contributed by atoms with van der Waals surface area (Å²) in [5.41, 5.74) is 5.88. The minimum Gasteiger partial charge on any atom is -0.380 e. The summed E-state index contributed by atoms with van der Waals surface area (Å²) in [6, 6.07) is 6.72. The Kier molecular flexibility index (Phi) is 3.36. The molecule has 0 saturated carbocycles. The Morgan fingerprint density at radius 3 is 2.57 bits per heavy atom. The van der Waals surface area contributed by atoms with Crippen molar-refractivity contribution in [1.29, 1.82) is 0 Å². The van der Waals surface area contributed by atoms with Crippen molar-refractivity contribution in [2.24, 2.45) is 5.73 Å². The Morgan fingerprint density at radius 2 is 2.00 bits per heavy atom.